The molecule has 1 aromatic carbocycles. The molecule has 0 aliphatic rings. The van der Waals surface area contributed by atoms with Crippen LogP contribution in [0.2, 0.25) is 0 Å². The number of aryl methyl sites for hydroxylation is 1. The lowest BCUT2D eigenvalue weighted by atomic mass is 10.0. The number of amides is 1. The first-order chi connectivity index (χ1) is 11.6. The molecule has 2 aromatic heterocycles. The van der Waals surface area contributed by atoms with Crippen LogP contribution in [0.5, 0.6) is 0 Å². The average Bonchev–Trinajstić information content (AvgIpc) is 3.24. The normalized spacial score (nSPS) is 12.1. The highest BCUT2D eigenvalue weighted by Crippen LogP contribution is 2.26. The maximum atomic E-state index is 12.1. The second-order valence-corrected chi connectivity index (χ2v) is 7.16. The SMILES string of the molecule is Cc1ccccc1[C@H](C)NC(=O)CSc1nnc(-c2cccs2)o1. The fourth-order valence-corrected chi connectivity index (χ4v) is 3.55. The van der Waals surface area contributed by atoms with Gasteiger partial charge in [-0.2, -0.15) is 0 Å². The summed E-state index contributed by atoms with van der Waals surface area (Å²) in [4.78, 5) is 13.1. The van der Waals surface area contributed by atoms with E-state index in [1.54, 1.807) is 0 Å². The molecule has 2 heterocycles. The summed E-state index contributed by atoms with van der Waals surface area (Å²) in [7, 11) is 0. The largest absolute Gasteiger partial charge is 0.410 e. The third-order valence-corrected chi connectivity index (χ3v) is 5.17. The van der Waals surface area contributed by atoms with Crippen LogP contribution in [0.25, 0.3) is 10.8 Å². The highest BCUT2D eigenvalue weighted by Gasteiger charge is 2.14. The molecule has 24 heavy (non-hydrogen) atoms. The molecule has 1 atom stereocenters. The van der Waals surface area contributed by atoms with Crippen LogP contribution in [-0.2, 0) is 4.79 Å². The van der Waals surface area contributed by atoms with Crippen molar-refractivity contribution in [3.63, 3.8) is 0 Å². The number of thiophene rings is 1. The number of nitrogens with one attached hydrogen (secondary N) is 1. The first-order valence-electron chi connectivity index (χ1n) is 7.48. The minimum absolute atomic E-state index is 0.0383. The van der Waals surface area contributed by atoms with Gasteiger partial charge in [0.25, 0.3) is 11.1 Å². The summed E-state index contributed by atoms with van der Waals surface area (Å²) in [6.45, 7) is 4.02. The van der Waals surface area contributed by atoms with Gasteiger partial charge < -0.3 is 9.73 Å². The summed E-state index contributed by atoms with van der Waals surface area (Å²) in [5.41, 5.74) is 2.28. The van der Waals surface area contributed by atoms with Gasteiger partial charge in [-0.1, -0.05) is 42.1 Å². The predicted octanol–water partition coefficient (Wildman–Crippen LogP) is 4.08. The second kappa shape index (κ2) is 7.63. The number of carbonyl (C=O) groups is 1. The van der Waals surface area contributed by atoms with E-state index in [1.165, 1.54) is 23.1 Å². The predicted molar refractivity (Wildman–Crippen MR) is 96.1 cm³/mol. The molecule has 0 aliphatic heterocycles. The molecule has 1 amide bonds. The highest BCUT2D eigenvalue weighted by molar-refractivity contribution is 7.99. The van der Waals surface area contributed by atoms with E-state index in [2.05, 4.69) is 15.5 Å². The summed E-state index contributed by atoms with van der Waals surface area (Å²) in [5, 5.41) is 13.3. The van der Waals surface area contributed by atoms with Gasteiger partial charge in [0.1, 0.15) is 0 Å². The van der Waals surface area contributed by atoms with Gasteiger partial charge in [0.15, 0.2) is 0 Å². The van der Waals surface area contributed by atoms with Crippen molar-refractivity contribution in [2.45, 2.75) is 25.1 Å². The number of hydrogen-bond acceptors (Lipinski definition) is 6. The van der Waals surface area contributed by atoms with Crippen molar-refractivity contribution in [3.8, 4) is 10.8 Å². The van der Waals surface area contributed by atoms with Crippen molar-refractivity contribution in [1.82, 2.24) is 15.5 Å². The molecule has 0 radical (unpaired) electrons. The van der Waals surface area contributed by atoms with Gasteiger partial charge in [0.05, 0.1) is 16.7 Å². The molecule has 0 bridgehead atoms. The van der Waals surface area contributed by atoms with Crippen LogP contribution in [0.1, 0.15) is 24.1 Å². The minimum atomic E-state index is -0.0633. The smallest absolute Gasteiger partial charge is 0.277 e. The van der Waals surface area contributed by atoms with Crippen molar-refractivity contribution >= 4 is 29.0 Å². The number of thioether (sulfide) groups is 1. The van der Waals surface area contributed by atoms with E-state index in [0.29, 0.717) is 11.1 Å². The summed E-state index contributed by atoms with van der Waals surface area (Å²) in [6, 6.07) is 11.8. The van der Waals surface area contributed by atoms with E-state index >= 15 is 0 Å². The number of carbonyl (C=O) groups excluding carboxylic acids is 1. The molecular weight excluding hydrogens is 342 g/mol. The lowest BCUT2D eigenvalue weighted by molar-refractivity contribution is -0.119. The van der Waals surface area contributed by atoms with Crippen LogP contribution in [0, 0.1) is 6.92 Å². The Balaban J connectivity index is 1.53. The Morgan fingerprint density at radius 3 is 2.88 bits per heavy atom. The third-order valence-electron chi connectivity index (χ3n) is 3.50. The maximum absolute atomic E-state index is 12.1. The van der Waals surface area contributed by atoms with Gasteiger partial charge in [0, 0.05) is 0 Å². The number of benzene rings is 1. The molecule has 7 heteroatoms. The molecule has 3 aromatic rings. The molecule has 124 valence electrons. The van der Waals surface area contributed by atoms with Crippen LogP contribution in [0.15, 0.2) is 51.4 Å². The van der Waals surface area contributed by atoms with Gasteiger partial charge in [-0.25, -0.2) is 0 Å². The summed E-state index contributed by atoms with van der Waals surface area (Å²) in [5.74, 6) is 0.662. The quantitative estimate of drug-likeness (QED) is 0.672. The van der Waals surface area contributed by atoms with Crippen LogP contribution in [-0.4, -0.2) is 21.9 Å². The fraction of sp³-hybridized carbons (Fsp3) is 0.235. The summed E-state index contributed by atoms with van der Waals surface area (Å²) >= 11 is 2.78. The lowest BCUT2D eigenvalue weighted by Crippen LogP contribution is -2.28. The van der Waals surface area contributed by atoms with E-state index in [0.717, 1.165) is 16.0 Å². The van der Waals surface area contributed by atoms with Gasteiger partial charge in [-0.15, -0.1) is 21.5 Å². The zero-order valence-electron chi connectivity index (χ0n) is 13.4. The fourth-order valence-electron chi connectivity index (χ4n) is 2.33. The van der Waals surface area contributed by atoms with Gasteiger partial charge in [-0.3, -0.25) is 4.79 Å². The zero-order valence-corrected chi connectivity index (χ0v) is 15.0. The number of nitrogens with zero attached hydrogens (tertiary/aromatic N) is 2. The van der Waals surface area contributed by atoms with Crippen LogP contribution < -0.4 is 5.32 Å². The Labute approximate surface area is 148 Å². The Bertz CT molecular complexity index is 815. The Morgan fingerprint density at radius 2 is 2.12 bits per heavy atom. The highest BCUT2D eigenvalue weighted by atomic mass is 32.2. The molecule has 0 spiro atoms. The van der Waals surface area contributed by atoms with Crippen LogP contribution >= 0.6 is 23.1 Å². The van der Waals surface area contributed by atoms with E-state index in [1.807, 2.05) is 55.6 Å². The number of hydrogen-bond donors (Lipinski definition) is 1. The third kappa shape index (κ3) is 4.04. The number of aromatic nitrogens is 2. The van der Waals surface area contributed by atoms with Crippen LogP contribution in [0.4, 0.5) is 0 Å². The van der Waals surface area contributed by atoms with Crippen molar-refractivity contribution in [2.75, 3.05) is 5.75 Å². The molecular formula is C17H17N3O2S2. The average molecular weight is 359 g/mol. The molecule has 0 saturated carbocycles. The summed E-state index contributed by atoms with van der Waals surface area (Å²) in [6.07, 6.45) is 0. The molecule has 0 aliphatic carbocycles. The van der Waals surface area contributed by atoms with Crippen molar-refractivity contribution < 1.29 is 9.21 Å². The number of rotatable bonds is 6. The van der Waals surface area contributed by atoms with E-state index in [-0.39, 0.29) is 17.7 Å². The Morgan fingerprint density at radius 1 is 1.29 bits per heavy atom. The van der Waals surface area contributed by atoms with Crippen molar-refractivity contribution in [2.24, 2.45) is 0 Å². The lowest BCUT2D eigenvalue weighted by Gasteiger charge is -2.16. The molecule has 3 rings (SSSR count). The minimum Gasteiger partial charge on any atom is -0.410 e. The molecule has 0 saturated heterocycles. The van der Waals surface area contributed by atoms with Gasteiger partial charge in [-0.05, 0) is 36.4 Å². The molecule has 5 nitrogen and oxygen atoms in total. The molecule has 0 fully saturated rings. The second-order valence-electron chi connectivity index (χ2n) is 5.28. The summed E-state index contributed by atoms with van der Waals surface area (Å²) < 4.78 is 5.56. The zero-order chi connectivity index (χ0) is 16.9. The molecule has 1 N–H and O–H groups in total. The first-order valence-corrected chi connectivity index (χ1v) is 9.35. The van der Waals surface area contributed by atoms with Crippen molar-refractivity contribution in [1.29, 1.82) is 0 Å². The van der Waals surface area contributed by atoms with E-state index < -0.39 is 0 Å². The van der Waals surface area contributed by atoms with Crippen LogP contribution in [0.3, 0.4) is 0 Å². The van der Waals surface area contributed by atoms with E-state index in [9.17, 15) is 4.79 Å². The Kier molecular flexibility index (Phi) is 5.32. The molecule has 0 unspecified atom stereocenters. The van der Waals surface area contributed by atoms with Gasteiger partial charge >= 0.3 is 0 Å². The monoisotopic (exact) mass is 359 g/mol. The Hall–Kier alpha value is -2.12. The standard InChI is InChI=1S/C17H17N3O2S2/c1-11-6-3-4-7-13(11)12(2)18-15(21)10-24-17-20-19-16(22-17)14-8-5-9-23-14/h3-9,12H,10H2,1-2H3,(H,18,21)/t12-/m0/s1. The van der Waals surface area contributed by atoms with Gasteiger partial charge in [0.2, 0.25) is 5.91 Å². The van der Waals surface area contributed by atoms with E-state index in [4.69, 9.17) is 4.42 Å². The first kappa shape index (κ1) is 16.7. The maximum Gasteiger partial charge on any atom is 0.277 e. The van der Waals surface area contributed by atoms with Crippen molar-refractivity contribution in [3.05, 3.63) is 52.9 Å². The topological polar surface area (TPSA) is 68.0 Å².